The molecule has 0 aliphatic rings. The molecule has 0 saturated heterocycles. The van der Waals surface area contributed by atoms with Crippen molar-refractivity contribution in [3.63, 3.8) is 0 Å². The summed E-state index contributed by atoms with van der Waals surface area (Å²) in [4.78, 5) is 12.1. The summed E-state index contributed by atoms with van der Waals surface area (Å²) >= 11 is 0. The summed E-state index contributed by atoms with van der Waals surface area (Å²) in [6.45, 7) is 10.5. The highest BCUT2D eigenvalue weighted by Gasteiger charge is 2.15. The first-order chi connectivity index (χ1) is 9.38. The summed E-state index contributed by atoms with van der Waals surface area (Å²) in [5.74, 6) is 0.723. The highest BCUT2D eigenvalue weighted by molar-refractivity contribution is 5.94. The number of rotatable bonds is 7. The molecule has 3 nitrogen and oxygen atoms in total. The van der Waals surface area contributed by atoms with E-state index in [1.54, 1.807) is 0 Å². The Morgan fingerprint density at radius 3 is 2.20 bits per heavy atom. The average Bonchev–Trinajstić information content (AvgIpc) is 2.39. The summed E-state index contributed by atoms with van der Waals surface area (Å²) in [7, 11) is 0. The lowest BCUT2D eigenvalue weighted by Crippen LogP contribution is -2.42. The second kappa shape index (κ2) is 8.05. The van der Waals surface area contributed by atoms with Crippen LogP contribution in [0.5, 0.6) is 0 Å². The van der Waals surface area contributed by atoms with Crippen LogP contribution in [-0.2, 0) is 4.79 Å². The second-order valence-corrected chi connectivity index (χ2v) is 6.12. The molecule has 1 aromatic carbocycles. The first-order valence-electron chi connectivity index (χ1n) is 7.52. The third kappa shape index (κ3) is 6.20. The molecule has 2 atom stereocenters. The number of aryl methyl sites for hydroxylation is 1. The van der Waals surface area contributed by atoms with Crippen molar-refractivity contribution in [1.29, 1.82) is 0 Å². The van der Waals surface area contributed by atoms with Crippen molar-refractivity contribution in [2.45, 2.75) is 59.5 Å². The van der Waals surface area contributed by atoms with E-state index in [1.165, 1.54) is 12.0 Å². The van der Waals surface area contributed by atoms with Crippen molar-refractivity contribution in [2.75, 3.05) is 5.32 Å². The molecule has 2 N–H and O–H groups in total. The molecule has 20 heavy (non-hydrogen) atoms. The van der Waals surface area contributed by atoms with Gasteiger partial charge in [-0.3, -0.25) is 4.79 Å². The van der Waals surface area contributed by atoms with Gasteiger partial charge in [-0.05, 0) is 51.7 Å². The Morgan fingerprint density at radius 2 is 1.65 bits per heavy atom. The lowest BCUT2D eigenvalue weighted by Gasteiger charge is -2.20. The van der Waals surface area contributed by atoms with Crippen LogP contribution in [0.2, 0.25) is 0 Å². The Labute approximate surface area is 123 Å². The predicted octanol–water partition coefficient (Wildman–Crippen LogP) is 3.74. The topological polar surface area (TPSA) is 41.1 Å². The molecule has 0 saturated carbocycles. The average molecular weight is 276 g/mol. The fourth-order valence-electron chi connectivity index (χ4n) is 2.06. The molecule has 0 aromatic heterocycles. The zero-order chi connectivity index (χ0) is 15.1. The molecule has 0 heterocycles. The van der Waals surface area contributed by atoms with Gasteiger partial charge in [-0.15, -0.1) is 0 Å². The highest BCUT2D eigenvalue weighted by Crippen LogP contribution is 2.10. The molecule has 0 aliphatic carbocycles. The van der Waals surface area contributed by atoms with E-state index in [9.17, 15) is 4.79 Å². The summed E-state index contributed by atoms with van der Waals surface area (Å²) < 4.78 is 0. The fraction of sp³-hybridized carbons (Fsp3) is 0.588. The van der Waals surface area contributed by atoms with Gasteiger partial charge < -0.3 is 10.6 Å². The van der Waals surface area contributed by atoms with Gasteiger partial charge in [0.2, 0.25) is 5.91 Å². The number of anilines is 1. The molecule has 0 spiro atoms. The smallest absolute Gasteiger partial charge is 0.241 e. The van der Waals surface area contributed by atoms with Crippen LogP contribution in [0.15, 0.2) is 24.3 Å². The first-order valence-corrected chi connectivity index (χ1v) is 7.52. The van der Waals surface area contributed by atoms with Gasteiger partial charge in [0.1, 0.15) is 0 Å². The van der Waals surface area contributed by atoms with Crippen LogP contribution in [-0.4, -0.2) is 18.0 Å². The van der Waals surface area contributed by atoms with Crippen LogP contribution in [0.3, 0.4) is 0 Å². The number of amides is 1. The predicted molar refractivity (Wildman–Crippen MR) is 85.9 cm³/mol. The zero-order valence-electron chi connectivity index (χ0n) is 13.4. The van der Waals surface area contributed by atoms with Crippen LogP contribution < -0.4 is 10.6 Å². The van der Waals surface area contributed by atoms with E-state index in [-0.39, 0.29) is 11.9 Å². The quantitative estimate of drug-likeness (QED) is 0.796. The molecule has 112 valence electrons. The van der Waals surface area contributed by atoms with E-state index in [0.717, 1.165) is 12.1 Å². The number of hydrogen-bond donors (Lipinski definition) is 2. The number of carbonyl (C=O) groups excluding carboxylic acids is 1. The van der Waals surface area contributed by atoms with E-state index in [1.807, 2.05) is 38.1 Å². The standard InChI is InChI=1S/C17H28N2O/c1-12(2)6-9-14(4)18-15(5)17(20)19-16-10-7-13(3)8-11-16/h7-8,10-12,14-15,18H,6,9H2,1-5H3,(H,19,20). The maximum absolute atomic E-state index is 12.1. The number of nitrogens with one attached hydrogen (secondary N) is 2. The van der Waals surface area contributed by atoms with Crippen molar-refractivity contribution < 1.29 is 4.79 Å². The summed E-state index contributed by atoms with van der Waals surface area (Å²) in [6.07, 6.45) is 2.28. The van der Waals surface area contributed by atoms with Crippen molar-refractivity contribution in [3.05, 3.63) is 29.8 Å². The molecule has 0 fully saturated rings. The fourth-order valence-corrected chi connectivity index (χ4v) is 2.06. The number of carbonyl (C=O) groups is 1. The largest absolute Gasteiger partial charge is 0.325 e. The van der Waals surface area contributed by atoms with Gasteiger partial charge in [0.25, 0.3) is 0 Å². The van der Waals surface area contributed by atoms with E-state index >= 15 is 0 Å². The van der Waals surface area contributed by atoms with Gasteiger partial charge in [-0.25, -0.2) is 0 Å². The van der Waals surface area contributed by atoms with Crippen LogP contribution in [0.1, 0.15) is 46.1 Å². The van der Waals surface area contributed by atoms with Crippen molar-refractivity contribution in [3.8, 4) is 0 Å². The van der Waals surface area contributed by atoms with Crippen molar-refractivity contribution >= 4 is 11.6 Å². The van der Waals surface area contributed by atoms with Gasteiger partial charge in [-0.1, -0.05) is 31.5 Å². The lowest BCUT2D eigenvalue weighted by molar-refractivity contribution is -0.117. The molecule has 1 amide bonds. The molecule has 0 bridgehead atoms. The van der Waals surface area contributed by atoms with Crippen LogP contribution in [0, 0.1) is 12.8 Å². The molecule has 1 rings (SSSR count). The second-order valence-electron chi connectivity index (χ2n) is 6.12. The summed E-state index contributed by atoms with van der Waals surface area (Å²) in [5.41, 5.74) is 2.04. The SMILES string of the molecule is Cc1ccc(NC(=O)C(C)NC(C)CCC(C)C)cc1. The van der Waals surface area contributed by atoms with Crippen LogP contribution in [0.4, 0.5) is 5.69 Å². The minimum Gasteiger partial charge on any atom is -0.325 e. The Morgan fingerprint density at radius 1 is 1.05 bits per heavy atom. The maximum atomic E-state index is 12.1. The van der Waals surface area contributed by atoms with E-state index < -0.39 is 0 Å². The first kappa shape index (κ1) is 16.7. The molecular weight excluding hydrogens is 248 g/mol. The molecule has 0 aliphatic heterocycles. The number of hydrogen-bond acceptors (Lipinski definition) is 2. The normalized spacial score (nSPS) is 14.1. The number of benzene rings is 1. The third-order valence-electron chi connectivity index (χ3n) is 3.42. The Hall–Kier alpha value is -1.35. The van der Waals surface area contributed by atoms with Crippen molar-refractivity contribution in [1.82, 2.24) is 5.32 Å². The molecule has 2 unspecified atom stereocenters. The Kier molecular flexibility index (Phi) is 6.73. The molecule has 1 aromatic rings. The monoisotopic (exact) mass is 276 g/mol. The van der Waals surface area contributed by atoms with Gasteiger partial charge in [0, 0.05) is 11.7 Å². The third-order valence-corrected chi connectivity index (χ3v) is 3.42. The van der Waals surface area contributed by atoms with Gasteiger partial charge in [0.15, 0.2) is 0 Å². The van der Waals surface area contributed by atoms with Gasteiger partial charge in [0.05, 0.1) is 6.04 Å². The Bertz CT molecular complexity index is 412. The van der Waals surface area contributed by atoms with Crippen molar-refractivity contribution in [2.24, 2.45) is 5.92 Å². The maximum Gasteiger partial charge on any atom is 0.241 e. The minimum absolute atomic E-state index is 0.0188. The van der Waals surface area contributed by atoms with Gasteiger partial charge in [-0.2, -0.15) is 0 Å². The zero-order valence-corrected chi connectivity index (χ0v) is 13.4. The summed E-state index contributed by atoms with van der Waals surface area (Å²) in [6, 6.07) is 8.04. The minimum atomic E-state index is -0.182. The van der Waals surface area contributed by atoms with E-state index in [2.05, 4.69) is 31.4 Å². The molecule has 0 radical (unpaired) electrons. The van der Waals surface area contributed by atoms with E-state index in [4.69, 9.17) is 0 Å². The lowest BCUT2D eigenvalue weighted by atomic mass is 10.0. The molecule has 3 heteroatoms. The highest BCUT2D eigenvalue weighted by atomic mass is 16.2. The van der Waals surface area contributed by atoms with Crippen LogP contribution >= 0.6 is 0 Å². The van der Waals surface area contributed by atoms with E-state index in [0.29, 0.717) is 12.0 Å². The van der Waals surface area contributed by atoms with Gasteiger partial charge >= 0.3 is 0 Å². The Balaban J connectivity index is 2.40. The van der Waals surface area contributed by atoms with Crippen LogP contribution in [0.25, 0.3) is 0 Å². The molecular formula is C17H28N2O. The summed E-state index contributed by atoms with van der Waals surface area (Å²) in [5, 5.41) is 6.29.